The van der Waals surface area contributed by atoms with Crippen molar-refractivity contribution in [3.63, 3.8) is 0 Å². The molecule has 6 heteroatoms. The molecule has 1 aromatic rings. The lowest BCUT2D eigenvalue weighted by Crippen LogP contribution is -2.03. The van der Waals surface area contributed by atoms with E-state index in [2.05, 4.69) is 4.98 Å². The van der Waals surface area contributed by atoms with Crippen molar-refractivity contribution in [1.29, 1.82) is 0 Å². The summed E-state index contributed by atoms with van der Waals surface area (Å²) >= 11 is 0.904. The van der Waals surface area contributed by atoms with Gasteiger partial charge in [0.05, 0.1) is 6.61 Å². The van der Waals surface area contributed by atoms with Crippen LogP contribution in [0.4, 0.5) is 0 Å². The molecule has 0 saturated heterocycles. The standard InChI is InChI=1S/C7H7NO4S/c1-3(10)6-5(7(11)12)8-4(2-9)13-6/h9H,2H2,1H3,(H,11,12). The van der Waals surface area contributed by atoms with E-state index in [1.54, 1.807) is 0 Å². The van der Waals surface area contributed by atoms with Gasteiger partial charge in [-0.2, -0.15) is 0 Å². The first-order chi connectivity index (χ1) is 6.06. The summed E-state index contributed by atoms with van der Waals surface area (Å²) in [5, 5.41) is 17.6. The van der Waals surface area contributed by atoms with E-state index in [1.165, 1.54) is 6.92 Å². The molecule has 2 N–H and O–H groups in total. The van der Waals surface area contributed by atoms with Crippen molar-refractivity contribution >= 4 is 23.1 Å². The van der Waals surface area contributed by atoms with Crippen LogP contribution in [0.2, 0.25) is 0 Å². The van der Waals surface area contributed by atoms with Gasteiger partial charge in [0.1, 0.15) is 9.88 Å². The van der Waals surface area contributed by atoms with Crippen molar-refractivity contribution in [3.05, 3.63) is 15.6 Å². The number of carboxylic acids is 1. The number of aromatic carboxylic acids is 1. The van der Waals surface area contributed by atoms with Gasteiger partial charge in [-0.25, -0.2) is 9.78 Å². The first-order valence-corrected chi connectivity index (χ1v) is 4.22. The molecule has 1 aromatic heterocycles. The van der Waals surface area contributed by atoms with Crippen molar-refractivity contribution in [2.45, 2.75) is 13.5 Å². The molecule has 0 aliphatic carbocycles. The van der Waals surface area contributed by atoms with Crippen LogP contribution in [0, 0.1) is 0 Å². The van der Waals surface area contributed by atoms with E-state index < -0.39 is 5.97 Å². The van der Waals surface area contributed by atoms with Gasteiger partial charge in [-0.05, 0) is 0 Å². The zero-order valence-electron chi connectivity index (χ0n) is 6.77. The Morgan fingerprint density at radius 1 is 1.54 bits per heavy atom. The fraction of sp³-hybridized carbons (Fsp3) is 0.286. The van der Waals surface area contributed by atoms with Crippen LogP contribution < -0.4 is 0 Å². The minimum Gasteiger partial charge on any atom is -0.476 e. The maximum atomic E-state index is 10.9. The molecular formula is C7H7NO4S. The van der Waals surface area contributed by atoms with E-state index in [9.17, 15) is 9.59 Å². The summed E-state index contributed by atoms with van der Waals surface area (Å²) in [4.78, 5) is 25.2. The Hall–Kier alpha value is -1.27. The van der Waals surface area contributed by atoms with Gasteiger partial charge in [0, 0.05) is 6.92 Å². The molecule has 0 radical (unpaired) electrons. The summed E-state index contributed by atoms with van der Waals surface area (Å²) in [7, 11) is 0. The highest BCUT2D eigenvalue weighted by atomic mass is 32.1. The second kappa shape index (κ2) is 3.63. The molecule has 5 nitrogen and oxygen atoms in total. The fourth-order valence-electron chi connectivity index (χ4n) is 0.816. The number of hydrogen-bond donors (Lipinski definition) is 2. The first-order valence-electron chi connectivity index (χ1n) is 3.41. The molecule has 0 aliphatic heterocycles. The van der Waals surface area contributed by atoms with Gasteiger partial charge in [0.25, 0.3) is 0 Å². The monoisotopic (exact) mass is 201 g/mol. The number of hydrogen-bond acceptors (Lipinski definition) is 5. The summed E-state index contributed by atoms with van der Waals surface area (Å²) in [6.07, 6.45) is 0. The average molecular weight is 201 g/mol. The number of Topliss-reactive ketones (excluding diaryl/α,β-unsaturated/α-hetero) is 1. The number of aliphatic hydroxyl groups excluding tert-OH is 1. The topological polar surface area (TPSA) is 87.5 Å². The fourth-order valence-corrected chi connectivity index (χ4v) is 1.63. The third-order valence-electron chi connectivity index (χ3n) is 1.33. The molecule has 0 aliphatic rings. The summed E-state index contributed by atoms with van der Waals surface area (Å²) in [5.74, 6) is -1.60. The first kappa shape index (κ1) is 9.82. The Morgan fingerprint density at radius 3 is 2.46 bits per heavy atom. The third-order valence-corrected chi connectivity index (χ3v) is 2.47. The molecule has 0 aromatic carbocycles. The number of thiazole rings is 1. The minimum atomic E-state index is -1.25. The molecule has 13 heavy (non-hydrogen) atoms. The highest BCUT2D eigenvalue weighted by Crippen LogP contribution is 2.19. The van der Waals surface area contributed by atoms with Gasteiger partial charge in [-0.1, -0.05) is 0 Å². The summed E-state index contributed by atoms with van der Waals surface area (Å²) < 4.78 is 0. The number of ketones is 1. The number of rotatable bonds is 3. The van der Waals surface area contributed by atoms with Gasteiger partial charge in [0.15, 0.2) is 11.5 Å². The van der Waals surface area contributed by atoms with Crippen LogP contribution in [-0.4, -0.2) is 26.9 Å². The second-order valence-electron chi connectivity index (χ2n) is 2.30. The van der Waals surface area contributed by atoms with E-state index in [4.69, 9.17) is 10.2 Å². The number of carbonyl (C=O) groups is 2. The normalized spacial score (nSPS) is 10.0. The van der Waals surface area contributed by atoms with E-state index in [0.29, 0.717) is 0 Å². The lowest BCUT2D eigenvalue weighted by Gasteiger charge is -1.89. The quantitative estimate of drug-likeness (QED) is 0.697. The Kier molecular flexibility index (Phi) is 2.74. The average Bonchev–Trinajstić information content (AvgIpc) is 2.47. The highest BCUT2D eigenvalue weighted by Gasteiger charge is 2.19. The number of carbonyl (C=O) groups excluding carboxylic acids is 1. The Morgan fingerprint density at radius 2 is 2.15 bits per heavy atom. The molecule has 0 fully saturated rings. The molecule has 0 atom stereocenters. The number of nitrogens with zero attached hydrogens (tertiary/aromatic N) is 1. The predicted molar refractivity (Wildman–Crippen MR) is 45.0 cm³/mol. The van der Waals surface area contributed by atoms with Crippen LogP contribution in [0.3, 0.4) is 0 Å². The zero-order valence-corrected chi connectivity index (χ0v) is 7.59. The van der Waals surface area contributed by atoms with Crippen LogP contribution in [0.1, 0.15) is 32.1 Å². The predicted octanol–water partition coefficient (Wildman–Crippen LogP) is 0.536. The molecule has 0 amide bonds. The van der Waals surface area contributed by atoms with E-state index >= 15 is 0 Å². The van der Waals surface area contributed by atoms with Crippen molar-refractivity contribution in [1.82, 2.24) is 4.98 Å². The van der Waals surface area contributed by atoms with Crippen LogP contribution >= 0.6 is 11.3 Å². The molecular weight excluding hydrogens is 194 g/mol. The van der Waals surface area contributed by atoms with Crippen molar-refractivity contribution in [2.75, 3.05) is 0 Å². The summed E-state index contributed by atoms with van der Waals surface area (Å²) in [6, 6.07) is 0. The van der Waals surface area contributed by atoms with Gasteiger partial charge < -0.3 is 10.2 Å². The maximum absolute atomic E-state index is 10.9. The van der Waals surface area contributed by atoms with Crippen LogP contribution in [-0.2, 0) is 6.61 Å². The lowest BCUT2D eigenvalue weighted by atomic mass is 10.3. The van der Waals surface area contributed by atoms with Crippen molar-refractivity contribution in [2.24, 2.45) is 0 Å². The Labute approximate surface area is 77.7 Å². The largest absolute Gasteiger partial charge is 0.476 e. The van der Waals surface area contributed by atoms with Gasteiger partial charge in [0.2, 0.25) is 0 Å². The maximum Gasteiger partial charge on any atom is 0.356 e. The van der Waals surface area contributed by atoms with Gasteiger partial charge in [-0.15, -0.1) is 11.3 Å². The van der Waals surface area contributed by atoms with Gasteiger partial charge in [-0.3, -0.25) is 4.79 Å². The van der Waals surface area contributed by atoms with E-state index in [1.807, 2.05) is 0 Å². The van der Waals surface area contributed by atoms with E-state index in [0.717, 1.165) is 11.3 Å². The number of carboxylic acid groups (broad SMARTS) is 1. The Bertz CT molecular complexity index is 326. The van der Waals surface area contributed by atoms with Crippen molar-refractivity contribution < 1.29 is 19.8 Å². The van der Waals surface area contributed by atoms with E-state index in [-0.39, 0.29) is 28.0 Å². The Balaban J connectivity index is 3.23. The second-order valence-corrected chi connectivity index (χ2v) is 3.39. The molecule has 1 rings (SSSR count). The molecule has 0 bridgehead atoms. The summed E-state index contributed by atoms with van der Waals surface area (Å²) in [6.45, 7) is 0.916. The molecule has 0 saturated carbocycles. The van der Waals surface area contributed by atoms with Crippen LogP contribution in [0.25, 0.3) is 0 Å². The molecule has 70 valence electrons. The van der Waals surface area contributed by atoms with Gasteiger partial charge >= 0.3 is 5.97 Å². The molecule has 1 heterocycles. The highest BCUT2D eigenvalue weighted by molar-refractivity contribution is 7.14. The van der Waals surface area contributed by atoms with Crippen LogP contribution in [0.15, 0.2) is 0 Å². The zero-order chi connectivity index (χ0) is 10.0. The molecule has 0 spiro atoms. The molecule has 0 unspecified atom stereocenters. The lowest BCUT2D eigenvalue weighted by molar-refractivity contribution is 0.0686. The third kappa shape index (κ3) is 1.90. The minimum absolute atomic E-state index is 0.0801. The number of aliphatic hydroxyl groups is 1. The van der Waals surface area contributed by atoms with Crippen LogP contribution in [0.5, 0.6) is 0 Å². The smallest absolute Gasteiger partial charge is 0.356 e. The van der Waals surface area contributed by atoms with Crippen molar-refractivity contribution in [3.8, 4) is 0 Å². The summed E-state index contributed by atoms with van der Waals surface area (Å²) in [5.41, 5.74) is -0.276. The number of aromatic nitrogens is 1. The SMILES string of the molecule is CC(=O)c1sc(CO)nc1C(=O)O.